The first kappa shape index (κ1) is 17.5. The highest BCUT2D eigenvalue weighted by atomic mass is 35.5. The molecule has 1 aromatic heterocycles. The van der Waals surface area contributed by atoms with Crippen LogP contribution in [0.2, 0.25) is 5.02 Å². The smallest absolute Gasteiger partial charge is 0.323 e. The molecule has 0 aliphatic carbocycles. The van der Waals surface area contributed by atoms with Crippen molar-refractivity contribution in [3.8, 4) is 10.4 Å². The Morgan fingerprint density at radius 2 is 1.91 bits per heavy atom. The van der Waals surface area contributed by atoms with Crippen LogP contribution in [0.1, 0.15) is 9.67 Å². The summed E-state index contributed by atoms with van der Waals surface area (Å²) in [7, 11) is 1.51. The van der Waals surface area contributed by atoms with Gasteiger partial charge >= 0.3 is 5.97 Å². The summed E-state index contributed by atoms with van der Waals surface area (Å²) in [5.41, 5.74) is 0.958. The minimum atomic E-state index is -1.05. The van der Waals surface area contributed by atoms with Gasteiger partial charge < -0.3 is 14.7 Å². The fourth-order valence-electron chi connectivity index (χ4n) is 2.00. The molecule has 0 fully saturated rings. The third-order valence-corrected chi connectivity index (χ3v) is 4.50. The Labute approximate surface area is 143 Å². The first-order valence-electron chi connectivity index (χ1n) is 6.87. The van der Waals surface area contributed by atoms with E-state index in [-0.39, 0.29) is 25.6 Å². The summed E-state index contributed by atoms with van der Waals surface area (Å²) in [5.74, 6) is -1.36. The van der Waals surface area contributed by atoms with E-state index in [1.807, 2.05) is 18.2 Å². The molecule has 2 aromatic rings. The van der Waals surface area contributed by atoms with Crippen LogP contribution in [-0.2, 0) is 9.53 Å². The van der Waals surface area contributed by atoms with E-state index in [9.17, 15) is 9.59 Å². The van der Waals surface area contributed by atoms with Gasteiger partial charge in [0.15, 0.2) is 0 Å². The van der Waals surface area contributed by atoms with Crippen molar-refractivity contribution in [1.29, 1.82) is 0 Å². The maximum atomic E-state index is 12.5. The van der Waals surface area contributed by atoms with Gasteiger partial charge in [0.1, 0.15) is 6.54 Å². The van der Waals surface area contributed by atoms with Gasteiger partial charge in [-0.1, -0.05) is 23.7 Å². The molecule has 1 aromatic carbocycles. The molecule has 23 heavy (non-hydrogen) atoms. The number of carboxylic acid groups (broad SMARTS) is 1. The van der Waals surface area contributed by atoms with E-state index in [4.69, 9.17) is 21.4 Å². The number of hydrogen-bond acceptors (Lipinski definition) is 4. The minimum Gasteiger partial charge on any atom is -0.480 e. The molecular formula is C16H16ClNO4S. The van der Waals surface area contributed by atoms with Gasteiger partial charge in [-0.05, 0) is 29.8 Å². The number of hydrogen-bond donors (Lipinski definition) is 1. The molecule has 0 spiro atoms. The first-order valence-corrected chi connectivity index (χ1v) is 8.06. The largest absolute Gasteiger partial charge is 0.480 e. The molecule has 1 heterocycles. The monoisotopic (exact) mass is 353 g/mol. The molecule has 0 aliphatic heterocycles. The van der Waals surface area contributed by atoms with Crippen molar-refractivity contribution < 1.29 is 19.4 Å². The molecule has 0 unspecified atom stereocenters. The normalized spacial score (nSPS) is 10.5. The highest BCUT2D eigenvalue weighted by Crippen LogP contribution is 2.29. The predicted molar refractivity (Wildman–Crippen MR) is 90.2 cm³/mol. The second-order valence-corrected chi connectivity index (χ2v) is 6.30. The van der Waals surface area contributed by atoms with E-state index < -0.39 is 5.97 Å². The zero-order valence-electron chi connectivity index (χ0n) is 12.5. The number of carbonyl (C=O) groups excluding carboxylic acids is 1. The zero-order chi connectivity index (χ0) is 16.8. The van der Waals surface area contributed by atoms with Crippen LogP contribution in [0.25, 0.3) is 10.4 Å². The minimum absolute atomic E-state index is 0.232. The number of carboxylic acids is 1. The molecule has 1 N–H and O–H groups in total. The van der Waals surface area contributed by atoms with Crippen molar-refractivity contribution in [2.75, 3.05) is 26.8 Å². The molecule has 1 amide bonds. The molecule has 122 valence electrons. The Morgan fingerprint density at radius 1 is 1.22 bits per heavy atom. The highest BCUT2D eigenvalue weighted by molar-refractivity contribution is 7.17. The van der Waals surface area contributed by atoms with E-state index in [0.29, 0.717) is 9.90 Å². The van der Waals surface area contributed by atoms with E-state index >= 15 is 0 Å². The number of benzene rings is 1. The van der Waals surface area contributed by atoms with Crippen molar-refractivity contribution in [3.63, 3.8) is 0 Å². The highest BCUT2D eigenvalue weighted by Gasteiger charge is 2.20. The van der Waals surface area contributed by atoms with Gasteiger partial charge in [-0.3, -0.25) is 9.59 Å². The van der Waals surface area contributed by atoms with E-state index in [1.165, 1.54) is 23.3 Å². The van der Waals surface area contributed by atoms with Crippen LogP contribution in [0.5, 0.6) is 0 Å². The lowest BCUT2D eigenvalue weighted by Gasteiger charge is -2.19. The SMILES string of the molecule is COCCN(CC(=O)O)C(=O)c1ccc(-c2ccc(Cl)cc2)s1. The summed E-state index contributed by atoms with van der Waals surface area (Å²) in [4.78, 5) is 26.1. The number of aliphatic carboxylic acids is 1. The molecule has 5 nitrogen and oxygen atoms in total. The summed E-state index contributed by atoms with van der Waals surface area (Å²) < 4.78 is 4.93. The molecule has 0 aliphatic rings. The van der Waals surface area contributed by atoms with Gasteiger partial charge in [0.2, 0.25) is 0 Å². The molecule has 0 saturated heterocycles. The first-order chi connectivity index (χ1) is 11.0. The number of methoxy groups -OCH3 is 1. The standard InChI is InChI=1S/C16H16ClNO4S/c1-22-9-8-18(10-15(19)20)16(21)14-7-6-13(23-14)11-2-4-12(17)5-3-11/h2-7H,8-10H2,1H3,(H,19,20). The van der Waals surface area contributed by atoms with Gasteiger partial charge in [-0.15, -0.1) is 11.3 Å². The van der Waals surface area contributed by atoms with Crippen molar-refractivity contribution in [3.05, 3.63) is 46.3 Å². The van der Waals surface area contributed by atoms with Gasteiger partial charge in [-0.2, -0.15) is 0 Å². The molecule has 7 heteroatoms. The number of carbonyl (C=O) groups is 2. The number of rotatable bonds is 7. The van der Waals surface area contributed by atoms with Crippen molar-refractivity contribution >= 4 is 34.8 Å². The summed E-state index contributed by atoms with van der Waals surface area (Å²) in [6.45, 7) is 0.167. The second kappa shape index (κ2) is 8.10. The second-order valence-electron chi connectivity index (χ2n) is 4.78. The number of ether oxygens (including phenoxy) is 1. The molecule has 0 bridgehead atoms. The molecule has 0 atom stereocenters. The molecule has 2 rings (SSSR count). The van der Waals surface area contributed by atoms with Crippen molar-refractivity contribution in [1.82, 2.24) is 4.90 Å². The topological polar surface area (TPSA) is 66.8 Å². The fraction of sp³-hybridized carbons (Fsp3) is 0.250. The number of nitrogens with zero attached hydrogens (tertiary/aromatic N) is 1. The lowest BCUT2D eigenvalue weighted by molar-refractivity contribution is -0.137. The molecular weight excluding hydrogens is 338 g/mol. The lowest BCUT2D eigenvalue weighted by Crippen LogP contribution is -2.37. The maximum Gasteiger partial charge on any atom is 0.323 e. The van der Waals surface area contributed by atoms with Crippen LogP contribution in [0, 0.1) is 0 Å². The summed E-state index contributed by atoms with van der Waals surface area (Å²) in [6.07, 6.45) is 0. The van der Waals surface area contributed by atoms with E-state index in [1.54, 1.807) is 18.2 Å². The molecule has 0 saturated carbocycles. The van der Waals surface area contributed by atoms with Crippen LogP contribution >= 0.6 is 22.9 Å². The Kier molecular flexibility index (Phi) is 6.15. The third kappa shape index (κ3) is 4.79. The van der Waals surface area contributed by atoms with Gasteiger partial charge in [0.05, 0.1) is 11.5 Å². The van der Waals surface area contributed by atoms with E-state index in [2.05, 4.69) is 0 Å². The quantitative estimate of drug-likeness (QED) is 0.829. The number of halogens is 1. The van der Waals surface area contributed by atoms with Crippen LogP contribution in [0.4, 0.5) is 0 Å². The predicted octanol–water partition coefficient (Wildman–Crippen LogP) is 3.24. The Morgan fingerprint density at radius 3 is 2.52 bits per heavy atom. The van der Waals surface area contributed by atoms with Crippen molar-refractivity contribution in [2.24, 2.45) is 0 Å². The van der Waals surface area contributed by atoms with Crippen molar-refractivity contribution in [2.45, 2.75) is 0 Å². The average molecular weight is 354 g/mol. The lowest BCUT2D eigenvalue weighted by atomic mass is 10.2. The Balaban J connectivity index is 2.17. The van der Waals surface area contributed by atoms with Crippen LogP contribution in [0.3, 0.4) is 0 Å². The molecule has 0 radical (unpaired) electrons. The number of thiophene rings is 1. The third-order valence-electron chi connectivity index (χ3n) is 3.12. The van der Waals surface area contributed by atoms with E-state index in [0.717, 1.165) is 10.4 Å². The zero-order valence-corrected chi connectivity index (χ0v) is 14.1. The summed E-state index contributed by atoms with van der Waals surface area (Å²) >= 11 is 7.19. The Bertz CT molecular complexity index is 684. The average Bonchev–Trinajstić information content (AvgIpc) is 3.01. The van der Waals surface area contributed by atoms with Crippen LogP contribution in [-0.4, -0.2) is 48.7 Å². The Hall–Kier alpha value is -1.89. The summed E-state index contributed by atoms with van der Waals surface area (Å²) in [6, 6.07) is 10.9. The summed E-state index contributed by atoms with van der Waals surface area (Å²) in [5, 5.41) is 9.59. The van der Waals surface area contributed by atoms with Gasteiger partial charge in [-0.25, -0.2) is 0 Å². The van der Waals surface area contributed by atoms with Crippen LogP contribution in [0.15, 0.2) is 36.4 Å². The fourth-order valence-corrected chi connectivity index (χ4v) is 3.10. The number of amides is 1. The van der Waals surface area contributed by atoms with Gasteiger partial charge in [0, 0.05) is 23.6 Å². The van der Waals surface area contributed by atoms with Gasteiger partial charge in [0.25, 0.3) is 5.91 Å². The van der Waals surface area contributed by atoms with Crippen LogP contribution < -0.4 is 0 Å². The maximum absolute atomic E-state index is 12.5.